The molecule has 1 heterocycles. The normalized spacial score (nSPS) is 16.2. The maximum absolute atomic E-state index is 13.7. The largest absolute Gasteiger partial charge is 0.495 e. The Morgan fingerprint density at radius 3 is 2.54 bits per heavy atom. The summed E-state index contributed by atoms with van der Waals surface area (Å²) in [7, 11) is 2.92. The zero-order valence-electron chi connectivity index (χ0n) is 16.0. The van der Waals surface area contributed by atoms with Crippen molar-refractivity contribution in [3.05, 3.63) is 53.3 Å². The summed E-state index contributed by atoms with van der Waals surface area (Å²) in [5, 5.41) is 0. The lowest BCUT2D eigenvalue weighted by Crippen LogP contribution is -2.27. The Bertz CT molecular complexity index is 898. The first kappa shape index (κ1) is 19.7. The maximum Gasteiger partial charge on any atom is 0.311 e. The van der Waals surface area contributed by atoms with Crippen LogP contribution in [0.15, 0.2) is 36.4 Å². The highest BCUT2D eigenvalue weighted by Gasteiger charge is 2.37. The molecule has 1 atom stereocenters. The van der Waals surface area contributed by atoms with Crippen LogP contribution in [0.5, 0.6) is 11.5 Å². The van der Waals surface area contributed by atoms with Crippen LogP contribution in [0.25, 0.3) is 0 Å². The van der Waals surface area contributed by atoms with Gasteiger partial charge in [-0.15, -0.1) is 0 Å². The van der Waals surface area contributed by atoms with Crippen molar-refractivity contribution >= 4 is 17.6 Å². The molecule has 2 aromatic rings. The molecule has 0 unspecified atom stereocenters. The molecule has 1 aliphatic rings. The Hall–Kier alpha value is -3.09. The van der Waals surface area contributed by atoms with Gasteiger partial charge in [-0.2, -0.15) is 0 Å². The molecule has 0 saturated carbocycles. The first-order valence-electron chi connectivity index (χ1n) is 8.87. The molecule has 0 N–H and O–H groups in total. The van der Waals surface area contributed by atoms with Crippen molar-refractivity contribution < 1.29 is 28.2 Å². The minimum atomic E-state index is -0.583. The van der Waals surface area contributed by atoms with E-state index < -0.39 is 17.7 Å². The third-order valence-corrected chi connectivity index (χ3v) is 4.68. The first-order chi connectivity index (χ1) is 13.4. The van der Waals surface area contributed by atoms with Gasteiger partial charge >= 0.3 is 5.97 Å². The van der Waals surface area contributed by atoms with Gasteiger partial charge in [0.25, 0.3) is 0 Å². The van der Waals surface area contributed by atoms with Gasteiger partial charge in [-0.25, -0.2) is 4.39 Å². The summed E-state index contributed by atoms with van der Waals surface area (Å²) < 4.78 is 29.2. The summed E-state index contributed by atoms with van der Waals surface area (Å²) in [6.07, 6.45) is 0.0624. The highest BCUT2D eigenvalue weighted by atomic mass is 19.1. The van der Waals surface area contributed by atoms with E-state index in [1.54, 1.807) is 17.0 Å². The van der Waals surface area contributed by atoms with Crippen molar-refractivity contribution in [3.63, 3.8) is 0 Å². The number of aryl methyl sites for hydroxylation is 1. The van der Waals surface area contributed by atoms with Gasteiger partial charge in [0, 0.05) is 13.0 Å². The van der Waals surface area contributed by atoms with Crippen LogP contribution in [0.1, 0.15) is 17.5 Å². The number of methoxy groups -OCH3 is 2. The molecule has 6 nitrogen and oxygen atoms in total. The molecule has 0 spiro atoms. The molecule has 148 valence electrons. The third-order valence-electron chi connectivity index (χ3n) is 4.68. The van der Waals surface area contributed by atoms with E-state index in [4.69, 9.17) is 14.2 Å². The Kier molecular flexibility index (Phi) is 5.82. The molecule has 1 fully saturated rings. The molecule has 0 aliphatic carbocycles. The third kappa shape index (κ3) is 4.08. The van der Waals surface area contributed by atoms with Crippen LogP contribution in [-0.4, -0.2) is 32.6 Å². The fourth-order valence-electron chi connectivity index (χ4n) is 3.18. The fourth-order valence-corrected chi connectivity index (χ4v) is 3.18. The fraction of sp³-hybridized carbons (Fsp3) is 0.333. The van der Waals surface area contributed by atoms with Gasteiger partial charge in [-0.1, -0.05) is 12.1 Å². The smallest absolute Gasteiger partial charge is 0.311 e. The van der Waals surface area contributed by atoms with Crippen molar-refractivity contribution in [3.8, 4) is 11.5 Å². The lowest BCUT2D eigenvalue weighted by molar-refractivity contribution is -0.149. The summed E-state index contributed by atoms with van der Waals surface area (Å²) in [5.41, 5.74) is 2.13. The molecule has 0 aromatic heterocycles. The summed E-state index contributed by atoms with van der Waals surface area (Å²) in [4.78, 5) is 26.4. The van der Waals surface area contributed by atoms with Crippen molar-refractivity contribution in [2.24, 2.45) is 5.92 Å². The minimum Gasteiger partial charge on any atom is -0.495 e. The van der Waals surface area contributed by atoms with Crippen LogP contribution in [-0.2, 0) is 20.9 Å². The molecule has 0 radical (unpaired) electrons. The van der Waals surface area contributed by atoms with Crippen molar-refractivity contribution in [1.29, 1.82) is 0 Å². The van der Waals surface area contributed by atoms with Crippen LogP contribution < -0.4 is 14.4 Å². The number of ether oxygens (including phenoxy) is 3. The van der Waals surface area contributed by atoms with Gasteiger partial charge in [0.2, 0.25) is 5.91 Å². The first-order valence-corrected chi connectivity index (χ1v) is 8.87. The highest BCUT2D eigenvalue weighted by Crippen LogP contribution is 2.34. The summed E-state index contributed by atoms with van der Waals surface area (Å²) in [6, 6.07) is 9.90. The van der Waals surface area contributed by atoms with E-state index in [1.165, 1.54) is 26.4 Å². The summed E-state index contributed by atoms with van der Waals surface area (Å²) >= 11 is 0. The van der Waals surface area contributed by atoms with Crippen LogP contribution in [0.3, 0.4) is 0 Å². The van der Waals surface area contributed by atoms with E-state index in [1.807, 2.05) is 19.1 Å². The monoisotopic (exact) mass is 387 g/mol. The number of amides is 1. The quantitative estimate of drug-likeness (QED) is 0.712. The minimum absolute atomic E-state index is 0.0624. The molecule has 1 aliphatic heterocycles. The molecule has 3 rings (SSSR count). The van der Waals surface area contributed by atoms with Crippen LogP contribution in [0, 0.1) is 18.7 Å². The number of anilines is 1. The number of rotatable bonds is 6. The van der Waals surface area contributed by atoms with Crippen molar-refractivity contribution in [2.45, 2.75) is 20.0 Å². The number of hydrogen-bond acceptors (Lipinski definition) is 5. The van der Waals surface area contributed by atoms with Gasteiger partial charge in [0.1, 0.15) is 12.4 Å². The highest BCUT2D eigenvalue weighted by molar-refractivity contribution is 6.00. The summed E-state index contributed by atoms with van der Waals surface area (Å²) in [6.45, 7) is 2.07. The zero-order valence-corrected chi connectivity index (χ0v) is 16.0. The van der Waals surface area contributed by atoms with E-state index in [2.05, 4.69) is 0 Å². The van der Waals surface area contributed by atoms with Gasteiger partial charge < -0.3 is 19.1 Å². The SMILES string of the molecule is COc1ccc(COC(=O)[C@@H]2CC(=O)N(c3cc(C)ccc3OC)C2)cc1F. The van der Waals surface area contributed by atoms with E-state index in [0.29, 0.717) is 17.0 Å². The topological polar surface area (TPSA) is 65.1 Å². The predicted molar refractivity (Wildman–Crippen MR) is 101 cm³/mol. The van der Waals surface area contributed by atoms with Crippen LogP contribution in [0.4, 0.5) is 10.1 Å². The Balaban J connectivity index is 1.65. The molecule has 28 heavy (non-hydrogen) atoms. The lowest BCUT2D eigenvalue weighted by Gasteiger charge is -2.20. The van der Waals surface area contributed by atoms with Crippen LogP contribution >= 0.6 is 0 Å². The van der Waals surface area contributed by atoms with E-state index in [-0.39, 0.29) is 31.2 Å². The zero-order chi connectivity index (χ0) is 20.3. The maximum atomic E-state index is 13.7. The number of esters is 1. The molecular weight excluding hydrogens is 365 g/mol. The van der Waals surface area contributed by atoms with Gasteiger partial charge in [0.05, 0.1) is 25.8 Å². The number of carbonyl (C=O) groups excluding carboxylic acids is 2. The number of hydrogen-bond donors (Lipinski definition) is 0. The number of halogens is 1. The second-order valence-corrected chi connectivity index (χ2v) is 6.66. The Labute approximate surface area is 162 Å². The molecule has 2 aromatic carbocycles. The number of nitrogens with zero attached hydrogens (tertiary/aromatic N) is 1. The standard InChI is InChI=1S/C21H22FNO5/c1-13-4-6-19(27-3)17(8-13)23-11-15(10-20(23)24)21(25)28-12-14-5-7-18(26-2)16(22)9-14/h4-9,15H,10-12H2,1-3H3/t15-/m1/s1. The second-order valence-electron chi connectivity index (χ2n) is 6.66. The number of carbonyl (C=O) groups is 2. The lowest BCUT2D eigenvalue weighted by atomic mass is 10.1. The molecule has 1 saturated heterocycles. The van der Waals surface area contributed by atoms with E-state index >= 15 is 0 Å². The van der Waals surface area contributed by atoms with Gasteiger partial charge in [0.15, 0.2) is 11.6 Å². The predicted octanol–water partition coefficient (Wildman–Crippen LogP) is 3.25. The number of benzene rings is 2. The average molecular weight is 387 g/mol. The van der Waals surface area contributed by atoms with Crippen molar-refractivity contribution in [2.75, 3.05) is 25.7 Å². The van der Waals surface area contributed by atoms with E-state index in [9.17, 15) is 14.0 Å². The molecule has 7 heteroatoms. The van der Waals surface area contributed by atoms with Crippen LogP contribution in [0.2, 0.25) is 0 Å². The average Bonchev–Trinajstić information content (AvgIpc) is 3.07. The van der Waals surface area contributed by atoms with Gasteiger partial charge in [-0.05, 0) is 42.3 Å². The summed E-state index contributed by atoms with van der Waals surface area (Å²) in [5.74, 6) is -1.06. The Morgan fingerprint density at radius 1 is 1.14 bits per heavy atom. The van der Waals surface area contributed by atoms with Gasteiger partial charge in [-0.3, -0.25) is 9.59 Å². The second kappa shape index (κ2) is 8.29. The van der Waals surface area contributed by atoms with E-state index in [0.717, 1.165) is 5.56 Å². The molecule has 0 bridgehead atoms. The molecule has 1 amide bonds. The van der Waals surface area contributed by atoms with Crippen molar-refractivity contribution in [1.82, 2.24) is 0 Å². The Morgan fingerprint density at radius 2 is 1.86 bits per heavy atom. The molecular formula is C21H22FNO5.